The van der Waals surface area contributed by atoms with E-state index in [0.717, 1.165) is 5.56 Å². The van der Waals surface area contributed by atoms with Crippen LogP contribution in [0.1, 0.15) is 28.8 Å². The number of carbonyl (C=O) groups is 1. The number of carbonyl (C=O) groups excluding carboxylic acids is 1. The minimum Gasteiger partial charge on any atom is -0.460 e. The molecule has 0 atom stereocenters. The number of nitrogens with zero attached hydrogens (tertiary/aromatic N) is 1. The number of rotatable bonds is 3. The van der Waals surface area contributed by atoms with Gasteiger partial charge in [-0.05, 0) is 31.9 Å². The number of hydrogen-bond acceptors (Lipinski definition) is 4. The van der Waals surface area contributed by atoms with Crippen molar-refractivity contribution in [1.82, 2.24) is 0 Å². The van der Waals surface area contributed by atoms with Gasteiger partial charge in [-0.2, -0.15) is 5.26 Å². The second kappa shape index (κ2) is 6.02. The molecule has 1 aliphatic rings. The lowest BCUT2D eigenvalue weighted by atomic mass is 9.83. The molecule has 1 aromatic rings. The molecular formula is C15H16FNO3. The van der Waals surface area contributed by atoms with E-state index in [9.17, 15) is 14.4 Å². The van der Waals surface area contributed by atoms with Gasteiger partial charge in [0.15, 0.2) is 0 Å². The highest BCUT2D eigenvalue weighted by Gasteiger charge is 2.34. The van der Waals surface area contributed by atoms with Gasteiger partial charge in [-0.25, -0.2) is 9.18 Å². The second-order valence-electron chi connectivity index (χ2n) is 5.06. The molecule has 1 fully saturated rings. The van der Waals surface area contributed by atoms with Crippen LogP contribution in [-0.4, -0.2) is 25.8 Å². The van der Waals surface area contributed by atoms with Crippen molar-refractivity contribution in [3.05, 3.63) is 35.1 Å². The van der Waals surface area contributed by atoms with Gasteiger partial charge in [0, 0.05) is 13.2 Å². The molecule has 0 spiro atoms. The Labute approximate surface area is 117 Å². The van der Waals surface area contributed by atoms with E-state index in [1.807, 2.05) is 0 Å². The van der Waals surface area contributed by atoms with Crippen LogP contribution in [0, 0.1) is 29.5 Å². The summed E-state index contributed by atoms with van der Waals surface area (Å²) in [5.41, 5.74) is -0.0293. The lowest BCUT2D eigenvalue weighted by Crippen LogP contribution is -2.33. The molecule has 0 unspecified atom stereocenters. The van der Waals surface area contributed by atoms with E-state index in [0.29, 0.717) is 26.1 Å². The average Bonchev–Trinajstić information content (AvgIpc) is 2.48. The van der Waals surface area contributed by atoms with E-state index in [4.69, 9.17) is 9.47 Å². The zero-order chi connectivity index (χ0) is 14.6. The molecule has 0 bridgehead atoms. The molecule has 0 aliphatic carbocycles. The number of aryl methyl sites for hydroxylation is 1. The van der Waals surface area contributed by atoms with Gasteiger partial charge in [0.1, 0.15) is 12.4 Å². The van der Waals surface area contributed by atoms with Gasteiger partial charge >= 0.3 is 5.97 Å². The van der Waals surface area contributed by atoms with Gasteiger partial charge < -0.3 is 9.47 Å². The normalized spacial score (nSPS) is 17.2. The fourth-order valence-electron chi connectivity index (χ4n) is 2.13. The smallest absolute Gasteiger partial charge is 0.341 e. The summed E-state index contributed by atoms with van der Waals surface area (Å²) in [6, 6.07) is 6.47. The minimum atomic E-state index is -0.729. The average molecular weight is 277 g/mol. The standard InChI is InChI=1S/C15H16FNO3/c1-11-2-3-13(16)12(8-11)14(18)20-10-15(9-17)4-6-19-7-5-15/h2-3,8H,4-7,10H2,1H3. The highest BCUT2D eigenvalue weighted by atomic mass is 19.1. The van der Waals surface area contributed by atoms with Crippen LogP contribution >= 0.6 is 0 Å². The molecular weight excluding hydrogens is 261 g/mol. The Morgan fingerprint density at radius 1 is 1.50 bits per heavy atom. The van der Waals surface area contributed by atoms with Crippen molar-refractivity contribution in [2.24, 2.45) is 5.41 Å². The number of esters is 1. The number of hydrogen-bond donors (Lipinski definition) is 0. The molecule has 0 aromatic heterocycles. The van der Waals surface area contributed by atoms with Gasteiger partial charge in [-0.15, -0.1) is 0 Å². The first-order valence-corrected chi connectivity index (χ1v) is 6.49. The molecule has 0 saturated carbocycles. The molecule has 106 valence electrons. The maximum Gasteiger partial charge on any atom is 0.341 e. The summed E-state index contributed by atoms with van der Waals surface area (Å²) in [5.74, 6) is -1.34. The Morgan fingerprint density at radius 3 is 2.85 bits per heavy atom. The predicted molar refractivity (Wildman–Crippen MR) is 69.5 cm³/mol. The van der Waals surface area contributed by atoms with E-state index in [2.05, 4.69) is 6.07 Å². The van der Waals surface area contributed by atoms with Crippen LogP contribution in [0.4, 0.5) is 4.39 Å². The topological polar surface area (TPSA) is 59.3 Å². The molecule has 1 aromatic carbocycles. The maximum atomic E-state index is 13.6. The first-order valence-electron chi connectivity index (χ1n) is 6.49. The molecule has 0 N–H and O–H groups in total. The maximum absolute atomic E-state index is 13.6. The number of nitriles is 1. The van der Waals surface area contributed by atoms with Crippen molar-refractivity contribution in [2.75, 3.05) is 19.8 Å². The van der Waals surface area contributed by atoms with Gasteiger partial charge in [-0.1, -0.05) is 11.6 Å². The van der Waals surface area contributed by atoms with E-state index in [1.165, 1.54) is 12.1 Å². The van der Waals surface area contributed by atoms with Crippen LogP contribution in [-0.2, 0) is 9.47 Å². The van der Waals surface area contributed by atoms with Crippen molar-refractivity contribution >= 4 is 5.97 Å². The van der Waals surface area contributed by atoms with E-state index < -0.39 is 17.2 Å². The predicted octanol–water partition coefficient (Wildman–Crippen LogP) is 2.61. The van der Waals surface area contributed by atoms with Crippen LogP contribution in [0.2, 0.25) is 0 Å². The largest absolute Gasteiger partial charge is 0.460 e. The van der Waals surface area contributed by atoms with Crippen molar-refractivity contribution in [1.29, 1.82) is 5.26 Å². The van der Waals surface area contributed by atoms with Crippen LogP contribution in [0.15, 0.2) is 18.2 Å². The monoisotopic (exact) mass is 277 g/mol. The SMILES string of the molecule is Cc1ccc(F)c(C(=O)OCC2(C#N)CCOCC2)c1. The first kappa shape index (κ1) is 14.5. The molecule has 20 heavy (non-hydrogen) atoms. The van der Waals surface area contributed by atoms with Gasteiger partial charge in [0.25, 0.3) is 0 Å². The molecule has 1 aliphatic heterocycles. The molecule has 4 nitrogen and oxygen atoms in total. The summed E-state index contributed by atoms with van der Waals surface area (Å²) in [6.07, 6.45) is 1.04. The second-order valence-corrected chi connectivity index (χ2v) is 5.06. The highest BCUT2D eigenvalue weighted by molar-refractivity contribution is 5.89. The summed E-state index contributed by atoms with van der Waals surface area (Å²) in [7, 11) is 0. The summed E-state index contributed by atoms with van der Waals surface area (Å²) < 4.78 is 23.9. The summed E-state index contributed by atoms with van der Waals surface area (Å²) in [4.78, 5) is 11.9. The van der Waals surface area contributed by atoms with Crippen molar-refractivity contribution < 1.29 is 18.7 Å². The Balaban J connectivity index is 2.05. The lowest BCUT2D eigenvalue weighted by molar-refractivity contribution is -0.00489. The molecule has 0 amide bonds. The Kier molecular flexibility index (Phi) is 4.35. The third-order valence-electron chi connectivity index (χ3n) is 3.51. The zero-order valence-electron chi connectivity index (χ0n) is 11.3. The van der Waals surface area contributed by atoms with E-state index >= 15 is 0 Å². The summed E-state index contributed by atoms with van der Waals surface area (Å²) >= 11 is 0. The number of benzene rings is 1. The molecule has 0 radical (unpaired) electrons. The van der Waals surface area contributed by atoms with E-state index in [-0.39, 0.29) is 12.2 Å². The fraction of sp³-hybridized carbons (Fsp3) is 0.467. The van der Waals surface area contributed by atoms with Crippen molar-refractivity contribution in [2.45, 2.75) is 19.8 Å². The molecule has 1 heterocycles. The van der Waals surface area contributed by atoms with Gasteiger partial charge in [-0.3, -0.25) is 0 Å². The Morgan fingerprint density at radius 2 is 2.20 bits per heavy atom. The van der Waals surface area contributed by atoms with E-state index in [1.54, 1.807) is 13.0 Å². The van der Waals surface area contributed by atoms with Gasteiger partial charge in [0.05, 0.1) is 17.0 Å². The van der Waals surface area contributed by atoms with Crippen LogP contribution in [0.25, 0.3) is 0 Å². The van der Waals surface area contributed by atoms with Crippen LogP contribution < -0.4 is 0 Å². The minimum absolute atomic E-state index is 0.0287. The highest BCUT2D eigenvalue weighted by Crippen LogP contribution is 2.30. The van der Waals surface area contributed by atoms with Crippen LogP contribution in [0.5, 0.6) is 0 Å². The Bertz CT molecular complexity index is 545. The lowest BCUT2D eigenvalue weighted by Gasteiger charge is -2.29. The quantitative estimate of drug-likeness (QED) is 0.797. The van der Waals surface area contributed by atoms with Crippen LogP contribution in [0.3, 0.4) is 0 Å². The summed E-state index contributed by atoms with van der Waals surface area (Å²) in [5, 5.41) is 9.25. The fourth-order valence-corrected chi connectivity index (χ4v) is 2.13. The van der Waals surface area contributed by atoms with Crippen molar-refractivity contribution in [3.63, 3.8) is 0 Å². The summed E-state index contributed by atoms with van der Waals surface area (Å²) in [6.45, 7) is 2.69. The number of halogens is 1. The van der Waals surface area contributed by atoms with Crippen molar-refractivity contribution in [3.8, 4) is 6.07 Å². The van der Waals surface area contributed by atoms with Gasteiger partial charge in [0.2, 0.25) is 0 Å². The molecule has 5 heteroatoms. The molecule has 1 saturated heterocycles. The number of ether oxygens (including phenoxy) is 2. The Hall–Kier alpha value is -1.93. The third-order valence-corrected chi connectivity index (χ3v) is 3.51. The first-order chi connectivity index (χ1) is 9.56. The molecule has 2 rings (SSSR count). The third kappa shape index (κ3) is 3.14. The zero-order valence-corrected chi connectivity index (χ0v) is 11.3.